The Morgan fingerprint density at radius 2 is 1.58 bits per heavy atom. The smallest absolute Gasteiger partial charge is 0.337 e. The molecule has 178 valence electrons. The van der Waals surface area contributed by atoms with E-state index in [0.29, 0.717) is 36.6 Å². The number of phenolic OH excluding ortho intramolecular Hbond substituents is 1. The van der Waals surface area contributed by atoms with Crippen molar-refractivity contribution in [3.63, 3.8) is 0 Å². The van der Waals surface area contributed by atoms with Crippen LogP contribution in [0.5, 0.6) is 11.5 Å². The van der Waals surface area contributed by atoms with Gasteiger partial charge in [-0.3, -0.25) is 4.79 Å². The fraction of sp³-hybridized carbons (Fsp3) is 0.481. The molecule has 1 unspecified atom stereocenters. The first-order chi connectivity index (χ1) is 15.3. The summed E-state index contributed by atoms with van der Waals surface area (Å²) in [6.45, 7) is 13.3. The summed E-state index contributed by atoms with van der Waals surface area (Å²) >= 11 is 0. The van der Waals surface area contributed by atoms with E-state index in [9.17, 15) is 14.7 Å². The van der Waals surface area contributed by atoms with E-state index in [1.54, 1.807) is 29.2 Å². The topological polar surface area (TPSA) is 76.1 Å². The zero-order chi connectivity index (χ0) is 24.6. The first kappa shape index (κ1) is 24.6. The molecule has 6 heteroatoms. The van der Waals surface area contributed by atoms with Crippen LogP contribution in [0.15, 0.2) is 36.4 Å². The molecule has 0 aliphatic carbocycles. The van der Waals surface area contributed by atoms with Crippen LogP contribution in [0.3, 0.4) is 0 Å². The minimum absolute atomic E-state index is 0.0442. The Labute approximate surface area is 196 Å². The van der Waals surface area contributed by atoms with Gasteiger partial charge < -0.3 is 19.5 Å². The van der Waals surface area contributed by atoms with Crippen LogP contribution in [0.4, 0.5) is 5.69 Å². The molecule has 1 fully saturated rings. The second-order valence-corrected chi connectivity index (χ2v) is 10.8. The van der Waals surface area contributed by atoms with Crippen molar-refractivity contribution < 1.29 is 24.2 Å². The van der Waals surface area contributed by atoms with Crippen LogP contribution in [0.1, 0.15) is 69.4 Å². The van der Waals surface area contributed by atoms with Gasteiger partial charge in [-0.15, -0.1) is 0 Å². The fourth-order valence-corrected chi connectivity index (χ4v) is 4.08. The number of anilines is 1. The van der Waals surface area contributed by atoms with Gasteiger partial charge in [0.05, 0.1) is 19.3 Å². The summed E-state index contributed by atoms with van der Waals surface area (Å²) in [5.41, 5.74) is 2.43. The highest BCUT2D eigenvalue weighted by Gasteiger charge is 2.34. The summed E-state index contributed by atoms with van der Waals surface area (Å²) in [5, 5.41) is 11.0. The molecule has 0 bridgehead atoms. The minimum Gasteiger partial charge on any atom is -0.507 e. The molecular weight excluding hydrogens is 418 g/mol. The number of benzene rings is 2. The van der Waals surface area contributed by atoms with E-state index in [0.717, 1.165) is 16.8 Å². The predicted molar refractivity (Wildman–Crippen MR) is 129 cm³/mol. The molecule has 1 saturated heterocycles. The first-order valence-corrected chi connectivity index (χ1v) is 11.3. The lowest BCUT2D eigenvalue weighted by Gasteiger charge is -2.30. The van der Waals surface area contributed by atoms with Gasteiger partial charge in [-0.2, -0.15) is 0 Å². The number of rotatable bonds is 5. The number of nitrogens with zero attached hydrogens (tertiary/aromatic N) is 1. The number of phenols is 1. The molecule has 33 heavy (non-hydrogen) atoms. The van der Waals surface area contributed by atoms with Gasteiger partial charge in [0.2, 0.25) is 5.91 Å². The van der Waals surface area contributed by atoms with Crippen molar-refractivity contribution in [2.24, 2.45) is 5.92 Å². The lowest BCUT2D eigenvalue weighted by atomic mass is 9.79. The van der Waals surface area contributed by atoms with Crippen LogP contribution in [0.25, 0.3) is 0 Å². The number of methoxy groups -OCH3 is 1. The third kappa shape index (κ3) is 5.49. The summed E-state index contributed by atoms with van der Waals surface area (Å²) in [4.78, 5) is 26.3. The van der Waals surface area contributed by atoms with Crippen LogP contribution in [-0.4, -0.2) is 37.2 Å². The molecule has 2 aromatic rings. The van der Waals surface area contributed by atoms with Crippen molar-refractivity contribution in [2.75, 3.05) is 25.2 Å². The zero-order valence-corrected chi connectivity index (χ0v) is 20.7. The molecule has 3 rings (SSSR count). The Bertz CT molecular complexity index is 993. The van der Waals surface area contributed by atoms with Crippen molar-refractivity contribution in [1.82, 2.24) is 0 Å². The van der Waals surface area contributed by atoms with Gasteiger partial charge in [0.25, 0.3) is 0 Å². The van der Waals surface area contributed by atoms with Gasteiger partial charge in [-0.1, -0.05) is 41.5 Å². The lowest BCUT2D eigenvalue weighted by molar-refractivity contribution is -0.117. The van der Waals surface area contributed by atoms with Crippen molar-refractivity contribution in [3.05, 3.63) is 53.1 Å². The Balaban J connectivity index is 1.78. The molecule has 1 amide bonds. The second kappa shape index (κ2) is 9.08. The largest absolute Gasteiger partial charge is 0.507 e. The molecule has 1 N–H and O–H groups in total. The number of esters is 1. The van der Waals surface area contributed by atoms with E-state index in [2.05, 4.69) is 41.5 Å². The van der Waals surface area contributed by atoms with E-state index in [1.165, 1.54) is 7.11 Å². The molecule has 6 nitrogen and oxygen atoms in total. The first-order valence-electron chi connectivity index (χ1n) is 11.3. The molecule has 1 atom stereocenters. The lowest BCUT2D eigenvalue weighted by Crippen LogP contribution is -2.27. The molecule has 1 aliphatic heterocycles. The Hall–Kier alpha value is -3.02. The van der Waals surface area contributed by atoms with E-state index in [-0.39, 0.29) is 22.7 Å². The molecule has 1 aliphatic rings. The highest BCUT2D eigenvalue weighted by atomic mass is 16.5. The molecular formula is C27H35NO5. The molecule has 0 radical (unpaired) electrons. The number of hydrogen-bond acceptors (Lipinski definition) is 5. The van der Waals surface area contributed by atoms with E-state index in [1.807, 2.05) is 12.1 Å². The average molecular weight is 454 g/mol. The van der Waals surface area contributed by atoms with Gasteiger partial charge >= 0.3 is 5.97 Å². The summed E-state index contributed by atoms with van der Waals surface area (Å²) < 4.78 is 10.6. The summed E-state index contributed by atoms with van der Waals surface area (Å²) in [6, 6.07) is 10.7. The van der Waals surface area contributed by atoms with Gasteiger partial charge in [-0.25, -0.2) is 4.79 Å². The maximum atomic E-state index is 12.9. The monoisotopic (exact) mass is 453 g/mol. The number of aromatic hydroxyl groups is 1. The summed E-state index contributed by atoms with van der Waals surface area (Å²) in [5.74, 6) is 0.651. The SMILES string of the molecule is COC(=O)c1ccc(OCC2CC(=O)N(c3cc(C(C)(C)C)c(O)c(C(C)(C)C)c3)C2)cc1. The number of carbonyl (C=O) groups excluding carboxylic acids is 2. The average Bonchev–Trinajstić information content (AvgIpc) is 3.11. The maximum Gasteiger partial charge on any atom is 0.337 e. The van der Waals surface area contributed by atoms with Crippen LogP contribution in [-0.2, 0) is 20.4 Å². The van der Waals surface area contributed by atoms with Crippen molar-refractivity contribution in [2.45, 2.75) is 58.8 Å². The Morgan fingerprint density at radius 1 is 1.03 bits per heavy atom. The Morgan fingerprint density at radius 3 is 2.06 bits per heavy atom. The van der Waals surface area contributed by atoms with E-state index < -0.39 is 5.97 Å². The van der Waals surface area contributed by atoms with Gasteiger partial charge in [-0.05, 0) is 47.2 Å². The molecule has 0 spiro atoms. The zero-order valence-electron chi connectivity index (χ0n) is 20.7. The highest BCUT2D eigenvalue weighted by Crippen LogP contribution is 2.42. The quantitative estimate of drug-likeness (QED) is 0.629. The third-order valence-corrected chi connectivity index (χ3v) is 5.99. The third-order valence-electron chi connectivity index (χ3n) is 5.99. The number of amides is 1. The standard InChI is InChI=1S/C27H35NO5/c1-26(2,3)21-13-19(14-22(24(21)30)27(4,5)6)28-15-17(12-23(28)29)16-33-20-10-8-18(9-11-20)25(31)32-7/h8-11,13-14,17,30H,12,15-16H2,1-7H3. The van der Waals surface area contributed by atoms with Gasteiger partial charge in [0, 0.05) is 35.7 Å². The summed E-state index contributed by atoms with van der Waals surface area (Å²) in [7, 11) is 1.35. The predicted octanol–water partition coefficient (Wildman–Crippen LogP) is 5.21. The van der Waals surface area contributed by atoms with Crippen LogP contribution in [0, 0.1) is 5.92 Å². The van der Waals surface area contributed by atoms with Gasteiger partial charge in [0.15, 0.2) is 0 Å². The van der Waals surface area contributed by atoms with Crippen molar-refractivity contribution in [1.29, 1.82) is 0 Å². The number of hydrogen-bond donors (Lipinski definition) is 1. The number of carbonyl (C=O) groups is 2. The molecule has 2 aromatic carbocycles. The van der Waals surface area contributed by atoms with Crippen LogP contribution < -0.4 is 9.64 Å². The molecule has 1 heterocycles. The Kier molecular flexibility index (Phi) is 6.78. The van der Waals surface area contributed by atoms with Crippen LogP contribution >= 0.6 is 0 Å². The highest BCUT2D eigenvalue weighted by molar-refractivity contribution is 5.96. The normalized spacial score (nSPS) is 16.8. The summed E-state index contributed by atoms with van der Waals surface area (Å²) in [6.07, 6.45) is 0.400. The number of ether oxygens (including phenoxy) is 2. The molecule has 0 aromatic heterocycles. The van der Waals surface area contributed by atoms with Crippen LogP contribution in [0.2, 0.25) is 0 Å². The van der Waals surface area contributed by atoms with E-state index in [4.69, 9.17) is 9.47 Å². The minimum atomic E-state index is -0.392. The van der Waals surface area contributed by atoms with Crippen molar-refractivity contribution in [3.8, 4) is 11.5 Å². The van der Waals surface area contributed by atoms with Crippen molar-refractivity contribution >= 4 is 17.6 Å². The van der Waals surface area contributed by atoms with Gasteiger partial charge in [0.1, 0.15) is 11.5 Å². The van der Waals surface area contributed by atoms with E-state index >= 15 is 0 Å². The second-order valence-electron chi connectivity index (χ2n) is 10.8. The maximum absolute atomic E-state index is 12.9. The molecule has 0 saturated carbocycles. The fourth-order valence-electron chi connectivity index (χ4n) is 4.08.